The second-order valence-electron chi connectivity index (χ2n) is 4.89. The number of nitrogen functional groups attached to an aromatic ring is 1. The Hall–Kier alpha value is -1.53. The Bertz CT molecular complexity index is 820. The Morgan fingerprint density at radius 3 is 2.81 bits per heavy atom. The van der Waals surface area contributed by atoms with E-state index in [0.29, 0.717) is 11.0 Å². The summed E-state index contributed by atoms with van der Waals surface area (Å²) in [7, 11) is 1.91. The number of anilines is 1. The van der Waals surface area contributed by atoms with E-state index >= 15 is 0 Å². The maximum atomic E-state index is 6.13. The fourth-order valence-corrected chi connectivity index (χ4v) is 3.36. The molecule has 7 heteroatoms. The molecule has 2 N–H and O–H groups in total. The summed E-state index contributed by atoms with van der Waals surface area (Å²) in [6, 6.07) is 5.58. The van der Waals surface area contributed by atoms with Gasteiger partial charge < -0.3 is 5.73 Å². The van der Waals surface area contributed by atoms with Gasteiger partial charge in [0.05, 0.1) is 11.4 Å². The van der Waals surface area contributed by atoms with E-state index < -0.39 is 0 Å². The summed E-state index contributed by atoms with van der Waals surface area (Å²) in [5.41, 5.74) is 9.75. The third-order valence-electron chi connectivity index (χ3n) is 3.37. The molecule has 0 saturated heterocycles. The molecule has 21 heavy (non-hydrogen) atoms. The number of nitrogens with two attached hydrogens (primary N) is 1. The smallest absolute Gasteiger partial charge is 0.207 e. The lowest BCUT2D eigenvalue weighted by atomic mass is 10.2. The van der Waals surface area contributed by atoms with Crippen molar-refractivity contribution in [2.24, 2.45) is 7.05 Å². The van der Waals surface area contributed by atoms with Crippen LogP contribution in [0.5, 0.6) is 0 Å². The minimum absolute atomic E-state index is 0.443. The van der Waals surface area contributed by atoms with Crippen LogP contribution in [0.2, 0.25) is 5.02 Å². The lowest BCUT2D eigenvalue weighted by molar-refractivity contribution is 0.737. The number of aromatic nitrogens is 4. The highest BCUT2D eigenvalue weighted by Crippen LogP contribution is 2.31. The molecule has 3 aromatic rings. The van der Waals surface area contributed by atoms with Crippen molar-refractivity contribution in [3.63, 3.8) is 0 Å². The van der Waals surface area contributed by atoms with E-state index in [0.717, 1.165) is 39.9 Å². The van der Waals surface area contributed by atoms with Crippen molar-refractivity contribution >= 4 is 44.6 Å². The van der Waals surface area contributed by atoms with Crippen LogP contribution in [0.25, 0.3) is 16.9 Å². The molecular formula is C14H15BrClN5. The van der Waals surface area contributed by atoms with Gasteiger partial charge in [-0.15, -0.1) is 0 Å². The van der Waals surface area contributed by atoms with Gasteiger partial charge in [-0.3, -0.25) is 4.57 Å². The van der Waals surface area contributed by atoms with Gasteiger partial charge in [-0.1, -0.05) is 24.9 Å². The molecule has 2 heterocycles. The predicted molar refractivity (Wildman–Crippen MR) is 89.0 cm³/mol. The Labute approximate surface area is 135 Å². The molecule has 1 aromatic carbocycles. The highest BCUT2D eigenvalue weighted by atomic mass is 79.9. The zero-order valence-corrected chi connectivity index (χ0v) is 14.1. The highest BCUT2D eigenvalue weighted by Gasteiger charge is 2.19. The Morgan fingerprint density at radius 1 is 1.38 bits per heavy atom. The topological polar surface area (TPSA) is 61.7 Å². The number of halogens is 2. The number of fused-ring (bicyclic) bond motifs is 1. The molecule has 0 amide bonds. The maximum absolute atomic E-state index is 6.13. The van der Waals surface area contributed by atoms with Crippen LogP contribution < -0.4 is 5.73 Å². The summed E-state index contributed by atoms with van der Waals surface area (Å²) in [5.74, 6) is 0.443. The summed E-state index contributed by atoms with van der Waals surface area (Å²) in [6.45, 7) is 2.12. The van der Waals surface area contributed by atoms with Crippen molar-refractivity contribution in [3.05, 3.63) is 33.4 Å². The van der Waals surface area contributed by atoms with Crippen molar-refractivity contribution in [2.75, 3.05) is 5.73 Å². The van der Waals surface area contributed by atoms with Crippen molar-refractivity contribution in [3.8, 4) is 5.69 Å². The van der Waals surface area contributed by atoms with Crippen LogP contribution in [0, 0.1) is 0 Å². The number of imidazole rings is 1. The summed E-state index contributed by atoms with van der Waals surface area (Å²) in [6.07, 6.45) is 1.90. The molecule has 0 spiro atoms. The van der Waals surface area contributed by atoms with Gasteiger partial charge in [-0.2, -0.15) is 5.10 Å². The lowest BCUT2D eigenvalue weighted by Gasteiger charge is -2.09. The van der Waals surface area contributed by atoms with Gasteiger partial charge in [0.2, 0.25) is 5.95 Å². The van der Waals surface area contributed by atoms with Crippen LogP contribution >= 0.6 is 27.5 Å². The summed E-state index contributed by atoms with van der Waals surface area (Å²) in [5, 5.41) is 5.21. The second-order valence-corrected chi connectivity index (χ2v) is 6.18. The van der Waals surface area contributed by atoms with E-state index in [1.807, 2.05) is 34.5 Å². The summed E-state index contributed by atoms with van der Waals surface area (Å²) < 4.78 is 4.58. The third-order valence-corrected chi connectivity index (χ3v) is 4.24. The van der Waals surface area contributed by atoms with Gasteiger partial charge in [-0.25, -0.2) is 9.67 Å². The van der Waals surface area contributed by atoms with Crippen LogP contribution in [0.3, 0.4) is 0 Å². The summed E-state index contributed by atoms with van der Waals surface area (Å²) >= 11 is 9.54. The molecule has 0 unspecified atom stereocenters. The lowest BCUT2D eigenvalue weighted by Crippen LogP contribution is -2.05. The fraction of sp³-hybridized carbons (Fsp3) is 0.286. The highest BCUT2D eigenvalue weighted by molar-refractivity contribution is 9.10. The average Bonchev–Trinajstić information content (AvgIpc) is 2.89. The number of hydrogen-bond donors (Lipinski definition) is 1. The zero-order valence-electron chi connectivity index (χ0n) is 11.8. The molecule has 0 atom stereocenters. The molecule has 0 radical (unpaired) electrons. The normalized spacial score (nSPS) is 11.4. The predicted octanol–water partition coefficient (Wildman–Crippen LogP) is 3.71. The van der Waals surface area contributed by atoms with Gasteiger partial charge in [-0.05, 0) is 40.5 Å². The van der Waals surface area contributed by atoms with E-state index in [1.165, 1.54) is 0 Å². The van der Waals surface area contributed by atoms with Crippen molar-refractivity contribution in [1.82, 2.24) is 19.3 Å². The van der Waals surface area contributed by atoms with E-state index in [-0.39, 0.29) is 0 Å². The van der Waals surface area contributed by atoms with Crippen LogP contribution in [-0.2, 0) is 13.5 Å². The van der Waals surface area contributed by atoms with E-state index in [1.54, 1.807) is 0 Å². The number of nitrogens with zero attached hydrogens (tertiary/aromatic N) is 4. The number of hydrogen-bond acceptors (Lipinski definition) is 3. The molecule has 0 saturated carbocycles. The van der Waals surface area contributed by atoms with Gasteiger partial charge >= 0.3 is 0 Å². The average molecular weight is 369 g/mol. The Morgan fingerprint density at radius 2 is 2.14 bits per heavy atom. The molecule has 0 aliphatic rings. The third kappa shape index (κ3) is 2.32. The minimum Gasteiger partial charge on any atom is -0.369 e. The van der Waals surface area contributed by atoms with Crippen LogP contribution in [-0.4, -0.2) is 19.3 Å². The first-order valence-corrected chi connectivity index (χ1v) is 7.85. The van der Waals surface area contributed by atoms with Gasteiger partial charge in [0.25, 0.3) is 0 Å². The van der Waals surface area contributed by atoms with E-state index in [9.17, 15) is 0 Å². The second kappa shape index (κ2) is 5.35. The SMILES string of the molecule is CCCc1nn(C)c2c1nc(N)n2-c1ccc(Cl)cc1Br. The molecule has 2 aromatic heterocycles. The number of benzene rings is 1. The number of aryl methyl sites for hydroxylation is 2. The van der Waals surface area contributed by atoms with Crippen LogP contribution in [0.4, 0.5) is 5.95 Å². The molecule has 0 aliphatic heterocycles. The van der Waals surface area contributed by atoms with Crippen molar-refractivity contribution in [1.29, 1.82) is 0 Å². The van der Waals surface area contributed by atoms with Gasteiger partial charge in [0, 0.05) is 16.5 Å². The molecule has 110 valence electrons. The first-order valence-electron chi connectivity index (χ1n) is 6.68. The quantitative estimate of drug-likeness (QED) is 0.766. The Balaban J connectivity index is 2.30. The van der Waals surface area contributed by atoms with Crippen LogP contribution in [0.1, 0.15) is 19.0 Å². The molecule has 0 fully saturated rings. The first-order chi connectivity index (χ1) is 10.0. The van der Waals surface area contributed by atoms with E-state index in [4.69, 9.17) is 17.3 Å². The standard InChI is InChI=1S/C14H15BrClN5/c1-3-4-10-12-13(20(2)19-10)21(14(17)18-12)11-6-5-8(16)7-9(11)15/h5-7H,3-4H2,1-2H3,(H2,17,18). The molecule has 0 bridgehead atoms. The number of rotatable bonds is 3. The molecular weight excluding hydrogens is 354 g/mol. The minimum atomic E-state index is 0.443. The molecule has 3 rings (SSSR count). The molecule has 5 nitrogen and oxygen atoms in total. The van der Waals surface area contributed by atoms with Crippen molar-refractivity contribution < 1.29 is 0 Å². The largest absolute Gasteiger partial charge is 0.369 e. The van der Waals surface area contributed by atoms with Crippen LogP contribution in [0.15, 0.2) is 22.7 Å². The summed E-state index contributed by atoms with van der Waals surface area (Å²) in [4.78, 5) is 4.50. The molecule has 0 aliphatic carbocycles. The van der Waals surface area contributed by atoms with E-state index in [2.05, 4.69) is 32.9 Å². The zero-order chi connectivity index (χ0) is 15.1. The maximum Gasteiger partial charge on any atom is 0.207 e. The Kier molecular flexibility index (Phi) is 3.67. The van der Waals surface area contributed by atoms with Gasteiger partial charge in [0.1, 0.15) is 5.52 Å². The monoisotopic (exact) mass is 367 g/mol. The first kappa shape index (κ1) is 14.4. The fourth-order valence-electron chi connectivity index (χ4n) is 2.50. The van der Waals surface area contributed by atoms with Gasteiger partial charge in [0.15, 0.2) is 5.65 Å². The van der Waals surface area contributed by atoms with Crippen molar-refractivity contribution in [2.45, 2.75) is 19.8 Å².